The first-order chi connectivity index (χ1) is 7.81. The highest BCUT2D eigenvalue weighted by atomic mass is 32.1. The van der Waals surface area contributed by atoms with Gasteiger partial charge in [0.25, 0.3) is 0 Å². The molecular weight excluding hydrogens is 218 g/mol. The maximum atomic E-state index is 5.29. The van der Waals surface area contributed by atoms with Gasteiger partial charge in [-0.3, -0.25) is 0 Å². The van der Waals surface area contributed by atoms with Gasteiger partial charge in [0.1, 0.15) is 5.75 Å². The van der Waals surface area contributed by atoms with Crippen LogP contribution in [0.1, 0.15) is 10.4 Å². The molecule has 3 heteroatoms. The summed E-state index contributed by atoms with van der Waals surface area (Å²) in [5.74, 6) is 0.886. The van der Waals surface area contributed by atoms with E-state index in [9.17, 15) is 0 Å². The predicted molar refractivity (Wildman–Crippen MR) is 69.4 cm³/mol. The topological polar surface area (TPSA) is 21.3 Å². The van der Waals surface area contributed by atoms with Crippen LogP contribution in [0.3, 0.4) is 0 Å². The van der Waals surface area contributed by atoms with Gasteiger partial charge < -0.3 is 10.1 Å². The summed E-state index contributed by atoms with van der Waals surface area (Å²) in [5.41, 5.74) is 2.38. The van der Waals surface area contributed by atoms with Crippen molar-refractivity contribution in [2.24, 2.45) is 0 Å². The molecule has 0 aliphatic carbocycles. The van der Waals surface area contributed by atoms with Gasteiger partial charge in [0.05, 0.1) is 12.8 Å². The van der Waals surface area contributed by atoms with E-state index in [0.717, 1.165) is 18.0 Å². The summed E-state index contributed by atoms with van der Waals surface area (Å²) in [4.78, 5) is 1.37. The van der Waals surface area contributed by atoms with E-state index in [4.69, 9.17) is 4.74 Å². The van der Waals surface area contributed by atoms with E-state index in [0.29, 0.717) is 0 Å². The van der Waals surface area contributed by atoms with E-state index in [1.54, 1.807) is 18.4 Å². The fourth-order valence-electron chi connectivity index (χ4n) is 1.55. The zero-order valence-electron chi connectivity index (χ0n) is 9.49. The number of para-hydroxylation sites is 2. The minimum atomic E-state index is 0.851. The van der Waals surface area contributed by atoms with Crippen molar-refractivity contribution in [3.63, 3.8) is 0 Å². The van der Waals surface area contributed by atoms with Gasteiger partial charge in [0, 0.05) is 11.4 Å². The molecule has 0 amide bonds. The quantitative estimate of drug-likeness (QED) is 0.869. The van der Waals surface area contributed by atoms with E-state index >= 15 is 0 Å². The van der Waals surface area contributed by atoms with Crippen LogP contribution in [0.25, 0.3) is 0 Å². The van der Waals surface area contributed by atoms with Crippen LogP contribution in [0, 0.1) is 6.92 Å². The molecule has 16 heavy (non-hydrogen) atoms. The van der Waals surface area contributed by atoms with E-state index in [2.05, 4.69) is 23.7 Å². The molecule has 0 fully saturated rings. The Bertz CT molecular complexity index is 464. The highest BCUT2D eigenvalue weighted by Gasteiger charge is 2.03. The average molecular weight is 233 g/mol. The lowest BCUT2D eigenvalue weighted by Crippen LogP contribution is -2.00. The Morgan fingerprint density at radius 3 is 2.75 bits per heavy atom. The van der Waals surface area contributed by atoms with Crippen molar-refractivity contribution < 1.29 is 4.74 Å². The Balaban J connectivity index is 2.07. The van der Waals surface area contributed by atoms with E-state index in [-0.39, 0.29) is 0 Å². The first-order valence-electron chi connectivity index (χ1n) is 5.21. The molecule has 0 spiro atoms. The van der Waals surface area contributed by atoms with Gasteiger partial charge in [-0.25, -0.2) is 0 Å². The number of nitrogens with one attached hydrogen (secondary N) is 1. The second-order valence-corrected chi connectivity index (χ2v) is 4.58. The number of ether oxygens (including phenoxy) is 1. The molecule has 0 radical (unpaired) electrons. The lowest BCUT2D eigenvalue weighted by molar-refractivity contribution is 0.416. The van der Waals surface area contributed by atoms with Crippen molar-refractivity contribution in [1.82, 2.24) is 0 Å². The Morgan fingerprint density at radius 1 is 1.25 bits per heavy atom. The molecule has 0 bridgehead atoms. The molecule has 1 aromatic carbocycles. The van der Waals surface area contributed by atoms with Crippen molar-refractivity contribution >= 4 is 17.0 Å². The van der Waals surface area contributed by atoms with Crippen LogP contribution in [-0.4, -0.2) is 7.11 Å². The fourth-order valence-corrected chi connectivity index (χ4v) is 2.40. The van der Waals surface area contributed by atoms with Crippen molar-refractivity contribution in [2.75, 3.05) is 12.4 Å². The minimum absolute atomic E-state index is 0.851. The molecule has 2 nitrogen and oxygen atoms in total. The number of thiophene rings is 1. The average Bonchev–Trinajstić information content (AvgIpc) is 2.72. The Labute approximate surface area is 99.9 Å². The number of anilines is 1. The highest BCUT2D eigenvalue weighted by Crippen LogP contribution is 2.25. The fraction of sp³-hybridized carbons (Fsp3) is 0.231. The molecule has 84 valence electrons. The third-order valence-corrected chi connectivity index (χ3v) is 3.54. The molecule has 2 aromatic rings. The lowest BCUT2D eigenvalue weighted by Gasteiger charge is -2.10. The van der Waals surface area contributed by atoms with Gasteiger partial charge in [0.15, 0.2) is 0 Å². The highest BCUT2D eigenvalue weighted by molar-refractivity contribution is 7.10. The zero-order valence-corrected chi connectivity index (χ0v) is 10.3. The minimum Gasteiger partial charge on any atom is -0.495 e. The number of hydrogen-bond donors (Lipinski definition) is 1. The normalized spacial score (nSPS) is 10.1. The zero-order chi connectivity index (χ0) is 11.4. The summed E-state index contributed by atoms with van der Waals surface area (Å²) in [6, 6.07) is 10.1. The summed E-state index contributed by atoms with van der Waals surface area (Å²) in [7, 11) is 1.69. The van der Waals surface area contributed by atoms with Crippen LogP contribution in [0.5, 0.6) is 5.75 Å². The van der Waals surface area contributed by atoms with Crippen molar-refractivity contribution in [2.45, 2.75) is 13.5 Å². The Morgan fingerprint density at radius 2 is 2.06 bits per heavy atom. The molecule has 0 saturated carbocycles. The number of methoxy groups -OCH3 is 1. The third kappa shape index (κ3) is 2.36. The maximum Gasteiger partial charge on any atom is 0.141 e. The molecule has 0 unspecified atom stereocenters. The number of aryl methyl sites for hydroxylation is 1. The first-order valence-corrected chi connectivity index (χ1v) is 6.09. The van der Waals surface area contributed by atoms with Crippen LogP contribution in [0.2, 0.25) is 0 Å². The number of hydrogen-bond acceptors (Lipinski definition) is 3. The van der Waals surface area contributed by atoms with Gasteiger partial charge in [-0.15, -0.1) is 11.3 Å². The van der Waals surface area contributed by atoms with Crippen molar-refractivity contribution in [3.8, 4) is 5.75 Å². The van der Waals surface area contributed by atoms with Gasteiger partial charge >= 0.3 is 0 Å². The molecule has 1 aromatic heterocycles. The monoisotopic (exact) mass is 233 g/mol. The Hall–Kier alpha value is -1.48. The maximum absolute atomic E-state index is 5.29. The largest absolute Gasteiger partial charge is 0.495 e. The number of benzene rings is 1. The molecule has 0 atom stereocenters. The SMILES string of the molecule is COc1ccccc1NCc1sccc1C. The van der Waals surface area contributed by atoms with Crippen LogP contribution in [-0.2, 0) is 6.54 Å². The van der Waals surface area contributed by atoms with E-state index < -0.39 is 0 Å². The van der Waals surface area contributed by atoms with Crippen LogP contribution < -0.4 is 10.1 Å². The van der Waals surface area contributed by atoms with Crippen LogP contribution >= 0.6 is 11.3 Å². The molecule has 1 N–H and O–H groups in total. The predicted octanol–water partition coefficient (Wildman–Crippen LogP) is 3.68. The van der Waals surface area contributed by atoms with E-state index in [1.165, 1.54) is 10.4 Å². The van der Waals surface area contributed by atoms with Gasteiger partial charge in [-0.1, -0.05) is 12.1 Å². The van der Waals surface area contributed by atoms with Crippen molar-refractivity contribution in [3.05, 3.63) is 46.2 Å². The third-order valence-electron chi connectivity index (χ3n) is 2.51. The van der Waals surface area contributed by atoms with Crippen molar-refractivity contribution in [1.29, 1.82) is 0 Å². The molecule has 0 aliphatic rings. The number of rotatable bonds is 4. The Kier molecular flexibility index (Phi) is 3.47. The first kappa shape index (κ1) is 11.0. The lowest BCUT2D eigenvalue weighted by atomic mass is 10.2. The molecule has 0 aliphatic heterocycles. The van der Waals surface area contributed by atoms with Gasteiger partial charge in [-0.2, -0.15) is 0 Å². The standard InChI is InChI=1S/C13H15NOS/c1-10-7-8-16-13(10)9-14-11-5-3-4-6-12(11)15-2/h3-8,14H,9H2,1-2H3. The summed E-state index contributed by atoms with van der Waals surface area (Å²) in [6.45, 7) is 2.99. The van der Waals surface area contributed by atoms with E-state index in [1.807, 2.05) is 24.3 Å². The smallest absolute Gasteiger partial charge is 0.141 e. The summed E-state index contributed by atoms with van der Waals surface area (Å²) in [6.07, 6.45) is 0. The molecule has 1 heterocycles. The van der Waals surface area contributed by atoms with Gasteiger partial charge in [-0.05, 0) is 36.1 Å². The van der Waals surface area contributed by atoms with Crippen LogP contribution in [0.15, 0.2) is 35.7 Å². The second-order valence-electron chi connectivity index (χ2n) is 3.58. The summed E-state index contributed by atoms with van der Waals surface area (Å²) >= 11 is 1.78. The second kappa shape index (κ2) is 5.03. The summed E-state index contributed by atoms with van der Waals surface area (Å²) in [5, 5.41) is 5.51. The summed E-state index contributed by atoms with van der Waals surface area (Å²) < 4.78 is 5.29. The molecule has 0 saturated heterocycles. The van der Waals surface area contributed by atoms with Gasteiger partial charge in [0.2, 0.25) is 0 Å². The molecular formula is C13H15NOS. The van der Waals surface area contributed by atoms with Crippen LogP contribution in [0.4, 0.5) is 5.69 Å². The molecule has 2 rings (SSSR count).